The molecule has 0 aliphatic carbocycles. The van der Waals surface area contributed by atoms with Crippen LogP contribution in [-0.2, 0) is 35.1 Å². The number of rotatable bonds is 16. The Balaban J connectivity index is 0.782. The molecule has 0 saturated carbocycles. The Hall–Kier alpha value is -8.70. The van der Waals surface area contributed by atoms with Gasteiger partial charge >= 0.3 is 23.9 Å². The fourth-order valence-electron chi connectivity index (χ4n) is 7.47. The largest absolute Gasteiger partial charge is 0.496 e. The van der Waals surface area contributed by atoms with Gasteiger partial charge in [-0.2, -0.15) is 0 Å². The van der Waals surface area contributed by atoms with Gasteiger partial charge in [-0.3, -0.25) is 9.59 Å². The maximum atomic E-state index is 13.0. The molecule has 70 heavy (non-hydrogen) atoms. The topological polar surface area (TPSA) is 211 Å². The molecule has 2 aliphatic rings. The number of aliphatic hydroxyl groups excluding tert-OH is 1. The maximum Gasteiger partial charge on any atom is 0.343 e. The number of anilines is 2. The molecule has 16 heteroatoms. The Kier molecular flexibility index (Phi) is 15.3. The van der Waals surface area contributed by atoms with Crippen LogP contribution in [0, 0.1) is 0 Å². The fraction of sp³-hybridized carbons (Fsp3) is 0.148. The zero-order chi connectivity index (χ0) is 49.0. The average molecular weight is 945 g/mol. The van der Waals surface area contributed by atoms with Crippen molar-refractivity contribution in [2.75, 3.05) is 31.0 Å². The number of nitrogens with one attached hydrogen (secondary N) is 2. The molecule has 16 nitrogen and oxygen atoms in total. The van der Waals surface area contributed by atoms with Crippen LogP contribution in [0.2, 0.25) is 0 Å². The second-order valence-corrected chi connectivity index (χ2v) is 15.7. The first-order valence-electron chi connectivity index (χ1n) is 21.8. The van der Waals surface area contributed by atoms with Gasteiger partial charge in [0.25, 0.3) is 11.8 Å². The molecule has 6 aromatic carbocycles. The minimum absolute atomic E-state index is 0.00618. The first-order valence-corrected chi connectivity index (χ1v) is 21.8. The van der Waals surface area contributed by atoms with Gasteiger partial charge in [0.2, 0.25) is 0 Å². The maximum absolute atomic E-state index is 13.0. The van der Waals surface area contributed by atoms with E-state index in [0.717, 1.165) is 0 Å². The molecule has 2 amide bonds. The predicted octanol–water partition coefficient (Wildman–Crippen LogP) is 7.48. The number of amides is 2. The van der Waals surface area contributed by atoms with Gasteiger partial charge in [0, 0.05) is 46.3 Å². The van der Waals surface area contributed by atoms with E-state index in [-0.39, 0.29) is 31.3 Å². The van der Waals surface area contributed by atoms with E-state index in [2.05, 4.69) is 10.6 Å². The van der Waals surface area contributed by atoms with E-state index in [4.69, 9.17) is 33.2 Å². The lowest BCUT2D eigenvalue weighted by molar-refractivity contribution is -0.149. The SMILES string of the molecule is COc1cc(NC(=O)c2ccc(OC(=O)c3ccccc3)cc2)ccc1/C=C/C(=O)O[C@H]1CO[C@H]2[C@@H]1OC[C@H]2OC(=O)/C=C/c1ccc(NC(=O)c2ccc(OC(=O)c3ccccc3)cc2)cc1CO. The molecule has 3 N–H and O–H groups in total. The molecule has 0 unspecified atom stereocenters. The number of carbonyl (C=O) groups is 6. The van der Waals surface area contributed by atoms with Crippen LogP contribution < -0.4 is 24.8 Å². The Morgan fingerprint density at radius 3 is 1.46 bits per heavy atom. The number of hydrogen-bond donors (Lipinski definition) is 3. The lowest BCUT2D eigenvalue weighted by Crippen LogP contribution is -2.35. The van der Waals surface area contributed by atoms with Crippen LogP contribution in [0.1, 0.15) is 58.1 Å². The van der Waals surface area contributed by atoms with Crippen LogP contribution in [0.4, 0.5) is 11.4 Å². The van der Waals surface area contributed by atoms with Gasteiger partial charge in [0.1, 0.15) is 29.5 Å². The number of carbonyl (C=O) groups excluding carboxylic acids is 6. The van der Waals surface area contributed by atoms with Crippen LogP contribution in [-0.4, -0.2) is 85.5 Å². The summed E-state index contributed by atoms with van der Waals surface area (Å²) in [6.45, 7) is -0.373. The molecule has 2 heterocycles. The first kappa shape index (κ1) is 47.8. The average Bonchev–Trinajstić information content (AvgIpc) is 3.98. The van der Waals surface area contributed by atoms with E-state index in [0.29, 0.717) is 56.1 Å². The Labute approximate surface area is 401 Å². The Bertz CT molecular complexity index is 2740. The third-order valence-electron chi connectivity index (χ3n) is 11.0. The molecular weight excluding hydrogens is 901 g/mol. The van der Waals surface area contributed by atoms with Crippen molar-refractivity contribution in [3.8, 4) is 17.2 Å². The van der Waals surface area contributed by atoms with Crippen molar-refractivity contribution < 1.29 is 67.0 Å². The third kappa shape index (κ3) is 12.1. The van der Waals surface area contributed by atoms with Gasteiger partial charge in [-0.05, 0) is 120 Å². The van der Waals surface area contributed by atoms with E-state index in [1.165, 1.54) is 79.9 Å². The number of fused-ring (bicyclic) bond motifs is 1. The molecule has 6 aromatic rings. The van der Waals surface area contributed by atoms with Crippen molar-refractivity contribution in [2.24, 2.45) is 0 Å². The second-order valence-electron chi connectivity index (χ2n) is 15.7. The smallest absolute Gasteiger partial charge is 0.343 e. The Morgan fingerprint density at radius 2 is 1.00 bits per heavy atom. The minimum Gasteiger partial charge on any atom is -0.496 e. The lowest BCUT2D eigenvalue weighted by Gasteiger charge is -2.16. The summed E-state index contributed by atoms with van der Waals surface area (Å²) in [4.78, 5) is 76.5. The summed E-state index contributed by atoms with van der Waals surface area (Å²) >= 11 is 0. The van der Waals surface area contributed by atoms with Crippen LogP contribution in [0.15, 0.2) is 158 Å². The van der Waals surface area contributed by atoms with Gasteiger partial charge < -0.3 is 48.9 Å². The minimum atomic E-state index is -0.784. The molecule has 4 atom stereocenters. The molecule has 2 fully saturated rings. The second kappa shape index (κ2) is 22.4. The highest BCUT2D eigenvalue weighted by atomic mass is 16.7. The monoisotopic (exact) mass is 944 g/mol. The highest BCUT2D eigenvalue weighted by Crippen LogP contribution is 2.32. The van der Waals surface area contributed by atoms with Crippen LogP contribution >= 0.6 is 0 Å². The molecule has 0 aromatic heterocycles. The van der Waals surface area contributed by atoms with Crippen LogP contribution in [0.5, 0.6) is 17.2 Å². The van der Waals surface area contributed by atoms with E-state index in [1.54, 1.807) is 97.1 Å². The zero-order valence-electron chi connectivity index (χ0n) is 37.4. The summed E-state index contributed by atoms with van der Waals surface area (Å²) < 4.78 is 39.2. The van der Waals surface area contributed by atoms with Crippen LogP contribution in [0.3, 0.4) is 0 Å². The number of hydrogen-bond acceptors (Lipinski definition) is 14. The van der Waals surface area contributed by atoms with Gasteiger partial charge in [0.05, 0.1) is 38.1 Å². The first-order chi connectivity index (χ1) is 34.0. The van der Waals surface area contributed by atoms with Crippen molar-refractivity contribution in [1.29, 1.82) is 0 Å². The van der Waals surface area contributed by atoms with Gasteiger partial charge in [-0.1, -0.05) is 42.5 Å². The molecule has 8 rings (SSSR count). The molecule has 2 saturated heterocycles. The number of methoxy groups -OCH3 is 1. The molecule has 354 valence electrons. The fourth-order valence-corrected chi connectivity index (χ4v) is 7.47. The van der Waals surface area contributed by atoms with Gasteiger partial charge in [0.15, 0.2) is 12.2 Å². The summed E-state index contributed by atoms with van der Waals surface area (Å²) in [6.07, 6.45) is 2.47. The Morgan fingerprint density at radius 1 is 0.557 bits per heavy atom. The number of ether oxygens (including phenoxy) is 7. The molecule has 0 bridgehead atoms. The number of aliphatic hydroxyl groups is 1. The normalized spacial score (nSPS) is 17.1. The molecule has 0 spiro atoms. The van der Waals surface area contributed by atoms with E-state index >= 15 is 0 Å². The van der Waals surface area contributed by atoms with Crippen molar-refractivity contribution >= 4 is 59.2 Å². The van der Waals surface area contributed by atoms with Gasteiger partial charge in [-0.15, -0.1) is 0 Å². The van der Waals surface area contributed by atoms with E-state index in [9.17, 15) is 33.9 Å². The third-order valence-corrected chi connectivity index (χ3v) is 11.0. The standard InChI is InChI=1S/C54H44N2O14/c1-64-44-29-41(56-52(61)36-16-24-43(25-17-36)68-54(63)38-10-6-3-7-11-38)21-13-34(44)19-27-48(59)70-46-32-66-49-45(31-65-50(46)49)69-47(58)26-18-33-12-20-40(28-39(33)30-57)55-51(60)35-14-22-42(23-15-35)67-53(62)37-8-4-2-5-9-37/h2-29,45-46,49-50,57H,30-32H2,1H3,(H,55,60)(H,56,61)/b26-18+,27-19+/t45-,46+,49-,50-/m1/s1. The van der Waals surface area contributed by atoms with E-state index in [1.807, 2.05) is 0 Å². The van der Waals surface area contributed by atoms with Crippen molar-refractivity contribution in [3.05, 3.63) is 197 Å². The highest BCUT2D eigenvalue weighted by Gasteiger charge is 2.51. The summed E-state index contributed by atoms with van der Waals surface area (Å²) in [6, 6.07) is 39.0. The summed E-state index contributed by atoms with van der Waals surface area (Å²) in [5.41, 5.74) is 3.71. The molecule has 0 radical (unpaired) electrons. The van der Waals surface area contributed by atoms with E-state index < -0.39 is 60.1 Å². The quantitative estimate of drug-likeness (QED) is 0.0488. The van der Waals surface area contributed by atoms with Crippen LogP contribution in [0.25, 0.3) is 12.2 Å². The zero-order valence-corrected chi connectivity index (χ0v) is 37.4. The summed E-state index contributed by atoms with van der Waals surface area (Å²) in [7, 11) is 1.45. The summed E-state index contributed by atoms with van der Waals surface area (Å²) in [5.74, 6) is -2.33. The van der Waals surface area contributed by atoms with Crippen molar-refractivity contribution in [1.82, 2.24) is 0 Å². The lowest BCUT2D eigenvalue weighted by atomic mass is 10.1. The number of benzene rings is 6. The predicted molar refractivity (Wildman–Crippen MR) is 254 cm³/mol. The highest BCUT2D eigenvalue weighted by molar-refractivity contribution is 6.05. The number of esters is 4. The van der Waals surface area contributed by atoms with Gasteiger partial charge in [-0.25, -0.2) is 19.2 Å². The van der Waals surface area contributed by atoms with Crippen molar-refractivity contribution in [2.45, 2.75) is 31.0 Å². The molecular formula is C54H44N2O14. The summed E-state index contributed by atoms with van der Waals surface area (Å²) in [5, 5.41) is 15.7. The molecule has 2 aliphatic heterocycles. The van der Waals surface area contributed by atoms with Crippen molar-refractivity contribution in [3.63, 3.8) is 0 Å².